The second-order valence-corrected chi connectivity index (χ2v) is 6.28. The molecule has 1 unspecified atom stereocenters. The zero-order chi connectivity index (χ0) is 15.4. The van der Waals surface area contributed by atoms with Crippen molar-refractivity contribution < 1.29 is 23.5 Å². The molecule has 0 radical (unpaired) electrons. The van der Waals surface area contributed by atoms with Crippen LogP contribution in [0.15, 0.2) is 0 Å². The number of carbonyl (C=O) groups excluding carboxylic acids is 2. The average Bonchev–Trinajstić information content (AvgIpc) is 2.71. The molecule has 0 bridgehead atoms. The van der Waals surface area contributed by atoms with Gasteiger partial charge in [-0.05, 0) is 33.6 Å². The summed E-state index contributed by atoms with van der Waals surface area (Å²) in [7, 11) is 1.21. The molecule has 20 heavy (non-hydrogen) atoms. The van der Waals surface area contributed by atoms with E-state index in [9.17, 15) is 14.0 Å². The topological polar surface area (TPSA) is 64.6 Å². The highest BCUT2D eigenvalue weighted by atomic mass is 19.1. The molecule has 0 aromatic carbocycles. The molecular weight excluding hydrogens is 265 g/mol. The van der Waals surface area contributed by atoms with Gasteiger partial charge in [-0.2, -0.15) is 0 Å². The van der Waals surface area contributed by atoms with E-state index in [1.165, 1.54) is 7.11 Å². The van der Waals surface area contributed by atoms with Gasteiger partial charge >= 0.3 is 12.1 Å². The van der Waals surface area contributed by atoms with Crippen LogP contribution >= 0.6 is 0 Å². The zero-order valence-electron chi connectivity index (χ0n) is 12.6. The summed E-state index contributed by atoms with van der Waals surface area (Å²) in [6.45, 7) is 5.15. The molecule has 0 aliphatic heterocycles. The van der Waals surface area contributed by atoms with Crippen molar-refractivity contribution in [1.82, 2.24) is 5.32 Å². The van der Waals surface area contributed by atoms with Gasteiger partial charge in [0.25, 0.3) is 0 Å². The minimum Gasteiger partial charge on any atom is -0.467 e. The van der Waals surface area contributed by atoms with Crippen LogP contribution in [0.2, 0.25) is 0 Å². The van der Waals surface area contributed by atoms with Gasteiger partial charge < -0.3 is 14.8 Å². The fourth-order valence-corrected chi connectivity index (χ4v) is 2.36. The van der Waals surface area contributed by atoms with Crippen molar-refractivity contribution in [2.24, 2.45) is 0 Å². The zero-order valence-corrected chi connectivity index (χ0v) is 12.6. The van der Waals surface area contributed by atoms with Crippen LogP contribution in [-0.4, -0.2) is 36.5 Å². The number of amides is 1. The maximum Gasteiger partial charge on any atom is 0.408 e. The number of nitrogens with one attached hydrogen (secondary N) is 1. The Morgan fingerprint density at radius 2 is 1.85 bits per heavy atom. The molecule has 1 amide bonds. The highest BCUT2D eigenvalue weighted by Crippen LogP contribution is 2.37. The van der Waals surface area contributed by atoms with Gasteiger partial charge in [-0.1, -0.05) is 12.8 Å². The van der Waals surface area contributed by atoms with E-state index in [0.29, 0.717) is 12.8 Å². The van der Waals surface area contributed by atoms with E-state index in [-0.39, 0.29) is 6.42 Å². The monoisotopic (exact) mass is 289 g/mol. The molecule has 1 N–H and O–H groups in total. The molecule has 0 aromatic heterocycles. The van der Waals surface area contributed by atoms with Crippen molar-refractivity contribution in [1.29, 1.82) is 0 Å². The number of hydrogen-bond donors (Lipinski definition) is 1. The first-order chi connectivity index (χ1) is 9.15. The minimum absolute atomic E-state index is 0.0705. The van der Waals surface area contributed by atoms with E-state index in [0.717, 1.165) is 12.8 Å². The van der Waals surface area contributed by atoms with Crippen LogP contribution in [0.4, 0.5) is 9.18 Å². The Morgan fingerprint density at radius 1 is 1.30 bits per heavy atom. The standard InChI is InChI=1S/C14H24FNO4/c1-13(2,3)20-12(18)16-10(11(17)19-4)9-14(15)7-5-6-8-14/h10H,5-9H2,1-4H3,(H,16,18). The third kappa shape index (κ3) is 5.35. The Kier molecular flexibility index (Phi) is 5.36. The molecule has 5 nitrogen and oxygen atoms in total. The number of ether oxygens (including phenoxy) is 2. The summed E-state index contributed by atoms with van der Waals surface area (Å²) in [6, 6.07) is -1.02. The van der Waals surface area contributed by atoms with Crippen molar-refractivity contribution in [3.63, 3.8) is 0 Å². The average molecular weight is 289 g/mol. The van der Waals surface area contributed by atoms with Gasteiger partial charge in [-0.3, -0.25) is 0 Å². The molecule has 0 heterocycles. The van der Waals surface area contributed by atoms with Crippen LogP contribution in [-0.2, 0) is 14.3 Å². The second-order valence-electron chi connectivity index (χ2n) is 6.28. The summed E-state index contributed by atoms with van der Waals surface area (Å²) < 4.78 is 24.2. The highest BCUT2D eigenvalue weighted by molar-refractivity contribution is 5.81. The molecule has 1 saturated carbocycles. The lowest BCUT2D eigenvalue weighted by atomic mass is 9.95. The van der Waals surface area contributed by atoms with Crippen molar-refractivity contribution >= 4 is 12.1 Å². The second kappa shape index (κ2) is 6.41. The van der Waals surface area contributed by atoms with Crippen LogP contribution < -0.4 is 5.32 Å². The predicted octanol–water partition coefficient (Wildman–Crippen LogP) is 2.73. The Balaban J connectivity index is 2.65. The van der Waals surface area contributed by atoms with Crippen molar-refractivity contribution in [3.05, 3.63) is 0 Å². The summed E-state index contributed by atoms with van der Waals surface area (Å²) in [4.78, 5) is 23.4. The fourth-order valence-electron chi connectivity index (χ4n) is 2.36. The minimum atomic E-state index is -1.41. The molecule has 1 fully saturated rings. The summed E-state index contributed by atoms with van der Waals surface area (Å²) in [5.74, 6) is -0.653. The van der Waals surface area contributed by atoms with Gasteiger partial charge in [0, 0.05) is 6.42 Å². The largest absolute Gasteiger partial charge is 0.467 e. The Morgan fingerprint density at radius 3 is 2.30 bits per heavy atom. The predicted molar refractivity (Wildman–Crippen MR) is 72.1 cm³/mol. The Bertz CT molecular complexity index is 359. The molecule has 116 valence electrons. The number of esters is 1. The number of hydrogen-bond acceptors (Lipinski definition) is 4. The van der Waals surface area contributed by atoms with E-state index >= 15 is 0 Å². The van der Waals surface area contributed by atoms with E-state index < -0.39 is 29.4 Å². The first-order valence-corrected chi connectivity index (χ1v) is 6.91. The van der Waals surface area contributed by atoms with Gasteiger partial charge in [-0.25, -0.2) is 14.0 Å². The summed E-state index contributed by atoms with van der Waals surface area (Å²) >= 11 is 0. The quantitative estimate of drug-likeness (QED) is 0.808. The number of alkyl carbamates (subject to hydrolysis) is 1. The number of alkyl halides is 1. The number of carbonyl (C=O) groups is 2. The maximum absolute atomic E-state index is 14.4. The molecular formula is C14H24FNO4. The highest BCUT2D eigenvalue weighted by Gasteiger charge is 2.39. The number of rotatable bonds is 4. The summed E-state index contributed by atoms with van der Waals surface area (Å²) in [5.41, 5.74) is -2.08. The van der Waals surface area contributed by atoms with E-state index in [1.807, 2.05) is 0 Å². The van der Waals surface area contributed by atoms with Crippen molar-refractivity contribution in [2.75, 3.05) is 7.11 Å². The Hall–Kier alpha value is -1.33. The third-order valence-corrected chi connectivity index (χ3v) is 3.25. The maximum atomic E-state index is 14.4. The molecule has 6 heteroatoms. The fraction of sp³-hybridized carbons (Fsp3) is 0.857. The van der Waals surface area contributed by atoms with Crippen LogP contribution in [0, 0.1) is 0 Å². The first kappa shape index (κ1) is 16.7. The van der Waals surface area contributed by atoms with Gasteiger partial charge in [-0.15, -0.1) is 0 Å². The molecule has 0 aromatic rings. The molecule has 0 saturated heterocycles. The van der Waals surface area contributed by atoms with Crippen LogP contribution in [0.5, 0.6) is 0 Å². The van der Waals surface area contributed by atoms with E-state index in [4.69, 9.17) is 4.74 Å². The van der Waals surface area contributed by atoms with E-state index in [2.05, 4.69) is 10.1 Å². The van der Waals surface area contributed by atoms with Crippen LogP contribution in [0.1, 0.15) is 52.9 Å². The van der Waals surface area contributed by atoms with E-state index in [1.54, 1.807) is 20.8 Å². The van der Waals surface area contributed by atoms with Crippen molar-refractivity contribution in [2.45, 2.75) is 70.2 Å². The van der Waals surface area contributed by atoms with Crippen LogP contribution in [0.25, 0.3) is 0 Å². The number of halogens is 1. The smallest absolute Gasteiger partial charge is 0.408 e. The lowest BCUT2D eigenvalue weighted by Gasteiger charge is -2.26. The summed E-state index contributed by atoms with van der Waals surface area (Å²) in [5, 5.41) is 2.40. The Labute approximate surface area is 119 Å². The lowest BCUT2D eigenvalue weighted by molar-refractivity contribution is -0.144. The van der Waals surface area contributed by atoms with Gasteiger partial charge in [0.2, 0.25) is 0 Å². The van der Waals surface area contributed by atoms with Crippen LogP contribution in [0.3, 0.4) is 0 Å². The SMILES string of the molecule is COC(=O)C(CC1(F)CCCC1)NC(=O)OC(C)(C)C. The van der Waals surface area contributed by atoms with Gasteiger partial charge in [0.05, 0.1) is 7.11 Å². The number of methoxy groups -OCH3 is 1. The molecule has 1 aliphatic rings. The molecule has 0 spiro atoms. The van der Waals surface area contributed by atoms with Crippen molar-refractivity contribution in [3.8, 4) is 0 Å². The molecule has 1 aliphatic carbocycles. The van der Waals surface area contributed by atoms with Gasteiger partial charge in [0.15, 0.2) is 0 Å². The third-order valence-electron chi connectivity index (χ3n) is 3.25. The lowest BCUT2D eigenvalue weighted by Crippen LogP contribution is -2.47. The van der Waals surface area contributed by atoms with Gasteiger partial charge in [0.1, 0.15) is 17.3 Å². The summed E-state index contributed by atoms with van der Waals surface area (Å²) in [6.07, 6.45) is 1.62. The molecule has 1 rings (SSSR count). The normalized spacial score (nSPS) is 19.2. The first-order valence-electron chi connectivity index (χ1n) is 6.91. The molecule has 1 atom stereocenters.